The third-order valence-electron chi connectivity index (χ3n) is 23.1. The Labute approximate surface area is 769 Å². The molecular formula is C92H116BF2N10O20S5+. The topological polar surface area (TPSA) is 427 Å². The van der Waals surface area contributed by atoms with E-state index in [4.69, 9.17) is 26.5 Å². The molecule has 30 nitrogen and oxygen atoms in total. The standard InChI is InChI=1S/C92H115BF2N10O20S5/c1-7-102(8-2)67-34-39-72-81(55-67)125-82-56-68(103(9-3)10-4)35-40-73(82)88(72)74-41-38-71(57-83(74)130(121,122)123)129(119,120)97-47-48-127-128-58-65(90(115)116)53-79(108)75(30-23-24-46-96-84(110)43-36-66-32-33-69-54-78-60(5)49-61(6)104(78)93(94,95)105(66)69)99-89(114)64(50-62-25-17-15-18-26-62)52-80(109)77(51-63-27-19-16-20-28-63)98-85(111)31-22-14-12-11-13-21-29-70(107)37-42-76(91(117)118)100-92(126)101-86(124-59-106)44-45-87(112)113/h15-20,25-28,32-35,38-41,49,54-57,59,64-65,75-77,86,97H,7-14,21-24,29-31,36-37,42-48,50-53,58H2,1-6H3,(H8-,96,98,99,100,101,110,111,112,113,114,115,116,117,118,121,122,123,126)/p+1/t64-,65?,75?,76+,77+,86-/m1/s1. The number of aromatic nitrogens is 1. The molecule has 130 heavy (non-hydrogen) atoms. The summed E-state index contributed by atoms with van der Waals surface area (Å²) >= 11 is 5.15. The highest BCUT2D eigenvalue weighted by Crippen LogP contribution is 2.43. The maximum atomic E-state index is 16.2. The Morgan fingerprint density at radius 1 is 0.615 bits per heavy atom. The molecule has 3 amide bonds. The molecule has 2 aliphatic heterocycles. The number of sulfonamides is 1. The first-order valence-electron chi connectivity index (χ1n) is 43.9. The normalized spacial score (nSPS) is 14.2. The van der Waals surface area contributed by atoms with E-state index >= 15 is 13.4 Å². The van der Waals surface area contributed by atoms with Crippen LogP contribution in [-0.4, -0.2) is 198 Å². The van der Waals surface area contributed by atoms with E-state index in [9.17, 15) is 74.8 Å². The van der Waals surface area contributed by atoms with Gasteiger partial charge in [0.1, 0.15) is 22.4 Å². The molecule has 10 N–H and O–H groups in total. The van der Waals surface area contributed by atoms with Gasteiger partial charge >= 0.3 is 36.0 Å². The minimum absolute atomic E-state index is 0.00428. The summed E-state index contributed by atoms with van der Waals surface area (Å²) in [5, 5.41) is 44.0. The average Bonchev–Trinajstić information content (AvgIpc) is 1.53. The van der Waals surface area contributed by atoms with Crippen LogP contribution in [-0.2, 0) is 85.7 Å². The zero-order valence-corrected chi connectivity index (χ0v) is 77.9. The zero-order chi connectivity index (χ0) is 94.4. The molecule has 38 heteroatoms. The Hall–Kier alpha value is -10.8. The van der Waals surface area contributed by atoms with Crippen molar-refractivity contribution in [2.45, 2.75) is 211 Å². The second-order valence-electron chi connectivity index (χ2n) is 32.2. The number of ketones is 3. The molecule has 2 aliphatic rings. The molecule has 0 saturated carbocycles. The molecule has 7 aromatic rings. The van der Waals surface area contributed by atoms with Crippen molar-refractivity contribution in [2.75, 3.05) is 60.6 Å². The van der Waals surface area contributed by atoms with Crippen molar-refractivity contribution >= 4 is 171 Å². The van der Waals surface area contributed by atoms with E-state index in [1.807, 2.05) is 52.0 Å². The van der Waals surface area contributed by atoms with Crippen molar-refractivity contribution in [2.24, 2.45) is 11.8 Å². The maximum Gasteiger partial charge on any atom is 0.737 e. The largest absolute Gasteiger partial charge is 0.737 e. The third kappa shape index (κ3) is 29.4. The van der Waals surface area contributed by atoms with Gasteiger partial charge in [0, 0.05) is 154 Å². The zero-order valence-electron chi connectivity index (χ0n) is 73.8. The molecular weight excluding hydrogens is 1770 g/mol. The number of Topliss-reactive ketones (excluding diaryl/α,β-unsaturated/α-hetero) is 3. The molecule has 9 rings (SSSR count). The lowest BCUT2D eigenvalue weighted by molar-refractivity contribution is -0.362. The van der Waals surface area contributed by atoms with Crippen LogP contribution in [0.2, 0.25) is 0 Å². The minimum Gasteiger partial charge on any atom is -0.481 e. The van der Waals surface area contributed by atoms with Gasteiger partial charge in [0.05, 0.1) is 52.2 Å². The number of hydrogen-bond donors (Lipinski definition) is 10. The summed E-state index contributed by atoms with van der Waals surface area (Å²) in [5.41, 5.74) is 6.39. The van der Waals surface area contributed by atoms with Gasteiger partial charge in [-0.05, 0) is 170 Å². The van der Waals surface area contributed by atoms with Gasteiger partial charge in [0.25, 0.3) is 16.6 Å². The molecule has 4 heterocycles. The SMILES string of the molecule is CCN(CC)c1ccc2c(-c3ccc(S(=O)(=O)NCCSSCC(CC(=O)C(CCCCNC(=O)CCC4=[N+]5C(=Cc6c(C)cc(C)n6[B-]5(F)F)C=C4)NC(=O)[C@@H](CC(=O)[C@H](Cc4ccccc4)NC(=O)CCCCCCCCC(=O)CC[C@H](NC(=S)N[C@@H](CCC(=O)O)OC=O)C(=O)O)Cc4ccccc4)C(=O)O)cc3S(=O)(=O)O)c3ccc(N(CC)CC)cc3[o+]c2c1. The molecule has 0 aliphatic carbocycles. The number of unbranched alkanes of at least 4 members (excludes halogenated alkanes) is 6. The lowest BCUT2D eigenvalue weighted by Crippen LogP contribution is -2.50. The number of nitrogens with zero attached hydrogens (tertiary/aromatic N) is 4. The molecule has 5 aromatic carbocycles. The fraction of sp³-hybridized carbons (Fsp3) is 0.446. The number of ether oxygens (including phenoxy) is 1. The molecule has 2 unspecified atom stereocenters. The number of nitrogens with one attached hydrogen (secondary N) is 6. The summed E-state index contributed by atoms with van der Waals surface area (Å²) in [6.45, 7) is 9.85. The van der Waals surface area contributed by atoms with Gasteiger partial charge in [0.2, 0.25) is 27.7 Å². The van der Waals surface area contributed by atoms with Gasteiger partial charge in [-0.2, -0.15) is 8.42 Å². The van der Waals surface area contributed by atoms with Gasteiger partial charge in [0.15, 0.2) is 28.6 Å². The molecule has 0 spiro atoms. The number of thiocarbonyl (C=S) groups is 1. The predicted molar refractivity (Wildman–Crippen MR) is 504 cm³/mol. The van der Waals surface area contributed by atoms with Crippen LogP contribution < -0.4 is 41.1 Å². The second-order valence-corrected chi connectivity index (χ2v) is 38.4. The fourth-order valence-corrected chi connectivity index (χ4v) is 20.7. The number of rotatable bonds is 58. The van der Waals surface area contributed by atoms with Gasteiger partial charge in [-0.3, -0.25) is 47.7 Å². The third-order valence-corrected chi connectivity index (χ3v) is 28.1. The van der Waals surface area contributed by atoms with Crippen molar-refractivity contribution in [3.8, 4) is 11.1 Å². The van der Waals surface area contributed by atoms with Crippen molar-refractivity contribution in [1.29, 1.82) is 0 Å². The van der Waals surface area contributed by atoms with E-state index in [0.717, 1.165) is 54.4 Å². The highest BCUT2D eigenvalue weighted by Gasteiger charge is 2.52. The van der Waals surface area contributed by atoms with E-state index in [1.54, 1.807) is 111 Å². The minimum atomic E-state index is -5.13. The number of amides is 3. The van der Waals surface area contributed by atoms with Crippen molar-refractivity contribution in [1.82, 2.24) is 35.8 Å². The molecule has 0 saturated heterocycles. The molecule has 0 fully saturated rings. The summed E-state index contributed by atoms with van der Waals surface area (Å²) in [5.74, 6) is -9.34. The van der Waals surface area contributed by atoms with E-state index < -0.39 is 133 Å². The Kier molecular flexibility index (Phi) is 39.2. The number of hydrogen-bond acceptors (Lipinski definition) is 20. The summed E-state index contributed by atoms with van der Waals surface area (Å²) in [6, 6.07) is 30.3. The van der Waals surface area contributed by atoms with Crippen LogP contribution in [0, 0.1) is 25.7 Å². The number of aliphatic carboxylic acids is 3. The number of carbonyl (C=O) groups is 10. The maximum absolute atomic E-state index is 16.2. The lowest BCUT2D eigenvalue weighted by Gasteiger charge is -2.30. The van der Waals surface area contributed by atoms with Gasteiger partial charge in [-0.15, -0.1) is 0 Å². The van der Waals surface area contributed by atoms with E-state index in [2.05, 4.69) is 41.1 Å². The Balaban J connectivity index is 0.839. The molecule has 0 bridgehead atoms. The molecule has 700 valence electrons. The van der Waals surface area contributed by atoms with Gasteiger partial charge < -0.3 is 74.0 Å². The Morgan fingerprint density at radius 3 is 1.82 bits per heavy atom. The van der Waals surface area contributed by atoms with Gasteiger partial charge in [-0.1, -0.05) is 114 Å². The van der Waals surface area contributed by atoms with Crippen LogP contribution in [0.15, 0.2) is 153 Å². The van der Waals surface area contributed by atoms with Gasteiger partial charge in [-0.25, -0.2) is 22.4 Å². The predicted octanol–water partition coefficient (Wildman–Crippen LogP) is 13.4. The molecule has 2 aromatic heterocycles. The number of anilines is 2. The smallest absolute Gasteiger partial charge is 0.481 e. The van der Waals surface area contributed by atoms with Crippen LogP contribution in [0.5, 0.6) is 0 Å². The number of carboxylic acid groups (broad SMARTS) is 3. The van der Waals surface area contributed by atoms with Crippen molar-refractivity contribution in [3.63, 3.8) is 0 Å². The van der Waals surface area contributed by atoms with Crippen molar-refractivity contribution in [3.05, 3.63) is 167 Å². The number of halogens is 2. The number of benzene rings is 5. The first-order valence-corrected chi connectivity index (χ1v) is 49.7. The van der Waals surface area contributed by atoms with Crippen LogP contribution in [0.3, 0.4) is 0 Å². The highest BCUT2D eigenvalue weighted by atomic mass is 33.1. The first-order chi connectivity index (χ1) is 62.1. The monoisotopic (exact) mass is 1890 g/mol. The second kappa shape index (κ2) is 49.5. The van der Waals surface area contributed by atoms with E-state index in [-0.39, 0.29) is 137 Å². The fourth-order valence-electron chi connectivity index (χ4n) is 16.2. The Bertz CT molecular complexity index is 5500. The quantitative estimate of drug-likeness (QED) is 0.00195. The van der Waals surface area contributed by atoms with Crippen molar-refractivity contribution < 1.29 is 107 Å². The average molecular weight is 1890 g/mol. The van der Waals surface area contributed by atoms with Crippen LogP contribution in [0.4, 0.5) is 20.0 Å². The molecule has 6 atom stereocenters. The number of carboxylic acids is 3. The first kappa shape index (κ1) is 103. The van der Waals surface area contributed by atoms with E-state index in [1.165, 1.54) is 12.1 Å². The van der Waals surface area contributed by atoms with E-state index in [0.29, 0.717) is 120 Å². The van der Waals surface area contributed by atoms with Crippen LogP contribution >= 0.6 is 33.8 Å². The number of allylic oxidation sites excluding steroid dienone is 2. The van der Waals surface area contributed by atoms with Crippen LogP contribution in [0.25, 0.3) is 39.1 Å². The summed E-state index contributed by atoms with van der Waals surface area (Å²) < 4.78 is 114. The highest BCUT2D eigenvalue weighted by molar-refractivity contribution is 8.76. The summed E-state index contributed by atoms with van der Waals surface area (Å²) in [6.07, 6.45) is 6.27. The lowest BCUT2D eigenvalue weighted by atomic mass is 9.88. The number of carbonyl (C=O) groups excluding carboxylic acids is 7. The summed E-state index contributed by atoms with van der Waals surface area (Å²) in [7, 11) is -7.50. The molecule has 0 radical (unpaired) electrons. The number of fused-ring (bicyclic) bond motifs is 4. The summed E-state index contributed by atoms with van der Waals surface area (Å²) in [4.78, 5) is 135. The number of aryl methyl sites for hydroxylation is 2. The van der Waals surface area contributed by atoms with Crippen LogP contribution in [0.1, 0.15) is 178 Å². The Morgan fingerprint density at radius 2 is 1.22 bits per heavy atom.